The van der Waals surface area contributed by atoms with Gasteiger partial charge in [0.2, 0.25) is 5.91 Å². The van der Waals surface area contributed by atoms with Crippen LogP contribution in [0, 0.1) is 0 Å². The SMILES string of the molecule is O=C(O)CCCCC(=O)Nc1ccc(C(F)(F)F)cc1. The molecule has 0 radical (unpaired) electrons. The molecule has 20 heavy (non-hydrogen) atoms. The van der Waals surface area contributed by atoms with Crippen molar-refractivity contribution in [1.29, 1.82) is 0 Å². The number of hydrogen-bond acceptors (Lipinski definition) is 2. The molecule has 0 spiro atoms. The van der Waals surface area contributed by atoms with Crippen LogP contribution in [0.25, 0.3) is 0 Å². The Balaban J connectivity index is 2.41. The zero-order valence-corrected chi connectivity index (χ0v) is 10.5. The minimum atomic E-state index is -4.40. The highest BCUT2D eigenvalue weighted by atomic mass is 19.4. The molecule has 4 nitrogen and oxygen atoms in total. The lowest BCUT2D eigenvalue weighted by Crippen LogP contribution is -2.12. The Bertz CT molecular complexity index is 469. The van der Waals surface area contributed by atoms with Crippen LogP contribution in [0.4, 0.5) is 18.9 Å². The zero-order valence-electron chi connectivity index (χ0n) is 10.5. The number of alkyl halides is 3. The lowest BCUT2D eigenvalue weighted by Gasteiger charge is -2.08. The number of rotatable bonds is 6. The van der Waals surface area contributed by atoms with Gasteiger partial charge < -0.3 is 10.4 Å². The Morgan fingerprint density at radius 1 is 1.05 bits per heavy atom. The second-order valence-electron chi connectivity index (χ2n) is 4.22. The molecule has 1 aromatic carbocycles. The average Bonchev–Trinajstić information content (AvgIpc) is 2.34. The summed E-state index contributed by atoms with van der Waals surface area (Å²) in [5, 5.41) is 10.9. The highest BCUT2D eigenvalue weighted by Crippen LogP contribution is 2.29. The van der Waals surface area contributed by atoms with Crippen LogP contribution < -0.4 is 5.32 Å². The molecule has 1 rings (SSSR count). The number of carbonyl (C=O) groups excluding carboxylic acids is 1. The van der Waals surface area contributed by atoms with Gasteiger partial charge in [-0.1, -0.05) is 0 Å². The van der Waals surface area contributed by atoms with Crippen LogP contribution in [0.2, 0.25) is 0 Å². The highest BCUT2D eigenvalue weighted by Gasteiger charge is 2.29. The normalized spacial score (nSPS) is 11.2. The first-order valence-corrected chi connectivity index (χ1v) is 5.98. The van der Waals surface area contributed by atoms with Gasteiger partial charge in [-0.15, -0.1) is 0 Å². The molecule has 0 unspecified atom stereocenters. The Hall–Kier alpha value is -2.05. The van der Waals surface area contributed by atoms with Gasteiger partial charge >= 0.3 is 12.1 Å². The van der Waals surface area contributed by atoms with Gasteiger partial charge in [-0.25, -0.2) is 0 Å². The smallest absolute Gasteiger partial charge is 0.416 e. The fourth-order valence-electron chi connectivity index (χ4n) is 1.53. The molecule has 0 atom stereocenters. The van der Waals surface area contributed by atoms with Gasteiger partial charge in [-0.3, -0.25) is 9.59 Å². The number of aliphatic carboxylic acids is 1. The number of carbonyl (C=O) groups is 2. The van der Waals surface area contributed by atoms with E-state index in [-0.39, 0.29) is 24.4 Å². The highest BCUT2D eigenvalue weighted by molar-refractivity contribution is 5.90. The Morgan fingerprint density at radius 3 is 2.10 bits per heavy atom. The number of amides is 1. The molecule has 0 saturated heterocycles. The summed E-state index contributed by atoms with van der Waals surface area (Å²) in [7, 11) is 0. The van der Waals surface area contributed by atoms with Crippen molar-refractivity contribution >= 4 is 17.6 Å². The van der Waals surface area contributed by atoms with Crippen LogP contribution in [-0.4, -0.2) is 17.0 Å². The summed E-state index contributed by atoms with van der Waals surface area (Å²) >= 11 is 0. The van der Waals surface area contributed by atoms with Gasteiger partial charge in [0.05, 0.1) is 5.56 Å². The predicted molar refractivity (Wildman–Crippen MR) is 66.2 cm³/mol. The van der Waals surface area contributed by atoms with Gasteiger partial charge in [0, 0.05) is 18.5 Å². The summed E-state index contributed by atoms with van der Waals surface area (Å²) in [4.78, 5) is 21.7. The van der Waals surface area contributed by atoms with E-state index in [0.717, 1.165) is 12.1 Å². The van der Waals surface area contributed by atoms with Crippen molar-refractivity contribution in [2.45, 2.75) is 31.9 Å². The molecule has 0 saturated carbocycles. The lowest BCUT2D eigenvalue weighted by molar-refractivity contribution is -0.138. The molecule has 0 heterocycles. The summed E-state index contributed by atoms with van der Waals surface area (Å²) in [5.74, 6) is -1.27. The maximum absolute atomic E-state index is 12.3. The number of anilines is 1. The van der Waals surface area contributed by atoms with Crippen LogP contribution in [0.3, 0.4) is 0 Å². The summed E-state index contributed by atoms with van der Waals surface area (Å²) in [6, 6.07) is 4.13. The third kappa shape index (κ3) is 5.73. The van der Waals surface area contributed by atoms with Gasteiger partial charge in [-0.05, 0) is 37.1 Å². The number of nitrogens with one attached hydrogen (secondary N) is 1. The van der Waals surface area contributed by atoms with Gasteiger partial charge in [0.15, 0.2) is 0 Å². The fourth-order valence-corrected chi connectivity index (χ4v) is 1.53. The lowest BCUT2D eigenvalue weighted by atomic mass is 10.1. The third-order valence-electron chi connectivity index (χ3n) is 2.54. The Labute approximate surface area is 113 Å². The van der Waals surface area contributed by atoms with E-state index in [4.69, 9.17) is 5.11 Å². The van der Waals surface area contributed by atoms with E-state index in [2.05, 4.69) is 5.32 Å². The third-order valence-corrected chi connectivity index (χ3v) is 2.54. The molecule has 0 aromatic heterocycles. The van der Waals surface area contributed by atoms with Crippen molar-refractivity contribution in [3.05, 3.63) is 29.8 Å². The van der Waals surface area contributed by atoms with Crippen molar-refractivity contribution in [2.75, 3.05) is 5.32 Å². The van der Waals surface area contributed by atoms with E-state index >= 15 is 0 Å². The minimum Gasteiger partial charge on any atom is -0.481 e. The Morgan fingerprint density at radius 2 is 1.60 bits per heavy atom. The molecule has 1 aromatic rings. The maximum Gasteiger partial charge on any atom is 0.416 e. The number of halogens is 3. The molecular formula is C13H14F3NO3. The van der Waals surface area contributed by atoms with E-state index in [1.54, 1.807) is 0 Å². The molecule has 7 heteroatoms. The number of hydrogen-bond donors (Lipinski definition) is 2. The topological polar surface area (TPSA) is 66.4 Å². The standard InChI is InChI=1S/C13H14F3NO3/c14-13(15,16)9-5-7-10(8-6-9)17-11(18)3-1-2-4-12(19)20/h5-8H,1-4H2,(H,17,18)(H,19,20). The minimum absolute atomic E-state index is 0.00639. The van der Waals surface area contributed by atoms with E-state index in [9.17, 15) is 22.8 Å². The van der Waals surface area contributed by atoms with Crippen molar-refractivity contribution < 1.29 is 27.9 Å². The molecule has 0 aliphatic carbocycles. The van der Waals surface area contributed by atoms with E-state index < -0.39 is 17.7 Å². The molecule has 0 aliphatic rings. The number of carboxylic acids is 1. The quantitative estimate of drug-likeness (QED) is 0.790. The van der Waals surface area contributed by atoms with Crippen molar-refractivity contribution in [2.24, 2.45) is 0 Å². The first-order valence-electron chi connectivity index (χ1n) is 5.98. The molecule has 0 aliphatic heterocycles. The molecule has 2 N–H and O–H groups in total. The van der Waals surface area contributed by atoms with Crippen LogP contribution in [0.5, 0.6) is 0 Å². The molecule has 0 fully saturated rings. The summed E-state index contributed by atoms with van der Waals surface area (Å²) < 4.78 is 37.0. The second kappa shape index (κ2) is 6.93. The zero-order chi connectivity index (χ0) is 15.2. The van der Waals surface area contributed by atoms with Gasteiger partial charge in [0.25, 0.3) is 0 Å². The van der Waals surface area contributed by atoms with Crippen LogP contribution in [0.1, 0.15) is 31.2 Å². The van der Waals surface area contributed by atoms with E-state index in [1.165, 1.54) is 12.1 Å². The molecule has 0 bridgehead atoms. The van der Waals surface area contributed by atoms with E-state index in [1.807, 2.05) is 0 Å². The first kappa shape index (κ1) is 16.0. The molecular weight excluding hydrogens is 275 g/mol. The van der Waals surface area contributed by atoms with E-state index in [0.29, 0.717) is 12.8 Å². The second-order valence-corrected chi connectivity index (χ2v) is 4.22. The number of benzene rings is 1. The van der Waals surface area contributed by atoms with Crippen molar-refractivity contribution in [3.63, 3.8) is 0 Å². The summed E-state index contributed by atoms with van der Waals surface area (Å²) in [6.45, 7) is 0. The van der Waals surface area contributed by atoms with Crippen LogP contribution >= 0.6 is 0 Å². The van der Waals surface area contributed by atoms with Crippen molar-refractivity contribution in [3.8, 4) is 0 Å². The fraction of sp³-hybridized carbons (Fsp3) is 0.385. The van der Waals surface area contributed by atoms with Gasteiger partial charge in [-0.2, -0.15) is 13.2 Å². The average molecular weight is 289 g/mol. The molecule has 110 valence electrons. The first-order chi connectivity index (χ1) is 9.29. The van der Waals surface area contributed by atoms with Crippen LogP contribution in [-0.2, 0) is 15.8 Å². The molecule has 1 amide bonds. The van der Waals surface area contributed by atoms with Crippen molar-refractivity contribution in [1.82, 2.24) is 0 Å². The van der Waals surface area contributed by atoms with Gasteiger partial charge in [0.1, 0.15) is 0 Å². The summed E-state index contributed by atoms with van der Waals surface area (Å²) in [5.41, 5.74) is -0.502. The predicted octanol–water partition coefficient (Wildman–Crippen LogP) is 3.29. The largest absolute Gasteiger partial charge is 0.481 e. The van der Waals surface area contributed by atoms with Crippen LogP contribution in [0.15, 0.2) is 24.3 Å². The number of unbranched alkanes of at least 4 members (excludes halogenated alkanes) is 1. The monoisotopic (exact) mass is 289 g/mol. The number of carboxylic acid groups (broad SMARTS) is 1. The summed E-state index contributed by atoms with van der Waals surface area (Å²) in [6.07, 6.45) is -3.48. The maximum atomic E-state index is 12.3. The Kier molecular flexibility index (Phi) is 5.54.